The maximum absolute atomic E-state index is 14.4. The summed E-state index contributed by atoms with van der Waals surface area (Å²) in [6.45, 7) is 3.78. The molecule has 0 unspecified atom stereocenters. The van der Waals surface area contributed by atoms with Gasteiger partial charge in [0.05, 0.1) is 58.4 Å². The zero-order valence-corrected chi connectivity index (χ0v) is 43.1. The van der Waals surface area contributed by atoms with Crippen LogP contribution in [0.25, 0.3) is 0 Å². The van der Waals surface area contributed by atoms with E-state index in [4.69, 9.17) is 47.4 Å². The van der Waals surface area contributed by atoms with Gasteiger partial charge in [-0.2, -0.15) is 0 Å². The largest absolute Gasteiger partial charge is 0.450 e. The number of hydrogen-bond donors (Lipinski definition) is 0. The number of thioether (sulfide) groups is 1. The van der Waals surface area contributed by atoms with Crippen LogP contribution in [0, 0.1) is 0 Å². The van der Waals surface area contributed by atoms with E-state index < -0.39 is 66.5 Å². The SMILES string of the molecule is CCS[C@@H]1O[C@H](CO[C@@H]2O[C@H](COCc3ccccc3)[C@@H](OCc3ccccc3)[C@H](OCc3ccccc3)[C@H]2OC(=O)c2ccccc2)[C@@H](OCc2ccccc2)[C@H](OCc2ccccc2)[C@H]1OCc1ccccc1. The van der Waals surface area contributed by atoms with Gasteiger partial charge in [-0.3, -0.25) is 0 Å². The highest BCUT2D eigenvalue weighted by Crippen LogP contribution is 2.37. The van der Waals surface area contributed by atoms with E-state index in [0.717, 1.165) is 39.1 Å². The summed E-state index contributed by atoms with van der Waals surface area (Å²) in [6, 6.07) is 68.8. The molecule has 0 bridgehead atoms. The molecule has 2 fully saturated rings. The summed E-state index contributed by atoms with van der Waals surface area (Å²) >= 11 is 1.63. The molecule has 10 atom stereocenters. The number of esters is 1. The third kappa shape index (κ3) is 15.8. The monoisotopic (exact) mass is 1030 g/mol. The Morgan fingerprint density at radius 2 is 0.733 bits per heavy atom. The first-order valence-electron chi connectivity index (χ1n) is 25.8. The van der Waals surface area contributed by atoms with E-state index in [1.165, 1.54) is 0 Å². The van der Waals surface area contributed by atoms with Crippen LogP contribution in [0.5, 0.6) is 0 Å². The number of ether oxygens (including phenoxy) is 10. The molecule has 7 aromatic carbocycles. The van der Waals surface area contributed by atoms with Crippen LogP contribution in [0.2, 0.25) is 0 Å². The summed E-state index contributed by atoms with van der Waals surface area (Å²) in [6.07, 6.45) is -7.43. The minimum Gasteiger partial charge on any atom is -0.450 e. The van der Waals surface area contributed by atoms with Crippen molar-refractivity contribution in [2.45, 2.75) is 107 Å². The number of rotatable bonds is 26. The van der Waals surface area contributed by atoms with Gasteiger partial charge in [0.1, 0.15) is 48.2 Å². The maximum atomic E-state index is 14.4. The number of carbonyl (C=O) groups excluding carboxylic acids is 1. The molecule has 0 radical (unpaired) electrons. The van der Waals surface area contributed by atoms with Crippen molar-refractivity contribution >= 4 is 17.7 Å². The molecule has 2 aliphatic rings. The van der Waals surface area contributed by atoms with Gasteiger partial charge in [0, 0.05) is 0 Å². The molecule has 11 nitrogen and oxygen atoms in total. The second-order valence-corrected chi connectivity index (χ2v) is 19.8. The lowest BCUT2D eigenvalue weighted by Gasteiger charge is -2.48. The van der Waals surface area contributed by atoms with E-state index in [-0.39, 0.29) is 33.0 Å². The fraction of sp³-hybridized carbons (Fsp3) is 0.317. The average molecular weight is 1030 g/mol. The minimum absolute atomic E-state index is 0.0561. The lowest BCUT2D eigenvalue weighted by Crippen LogP contribution is -2.63. The van der Waals surface area contributed by atoms with E-state index in [1.807, 2.05) is 188 Å². The summed E-state index contributed by atoms with van der Waals surface area (Å²) in [7, 11) is 0. The Morgan fingerprint density at radius 3 is 1.15 bits per heavy atom. The molecule has 7 aromatic rings. The van der Waals surface area contributed by atoms with Crippen molar-refractivity contribution in [3.05, 3.63) is 251 Å². The Morgan fingerprint density at radius 1 is 0.387 bits per heavy atom. The van der Waals surface area contributed by atoms with E-state index in [9.17, 15) is 4.79 Å². The first-order valence-corrected chi connectivity index (χ1v) is 26.8. The van der Waals surface area contributed by atoms with Crippen molar-refractivity contribution in [1.29, 1.82) is 0 Å². The molecule has 0 N–H and O–H groups in total. The Hall–Kier alpha value is -6.00. The Balaban J connectivity index is 1.07. The van der Waals surface area contributed by atoms with Gasteiger partial charge in [0.15, 0.2) is 12.4 Å². The zero-order valence-electron chi connectivity index (χ0n) is 42.2. The number of benzene rings is 7. The van der Waals surface area contributed by atoms with Crippen LogP contribution in [-0.4, -0.2) is 85.5 Å². The first kappa shape index (κ1) is 53.8. The van der Waals surface area contributed by atoms with Crippen LogP contribution < -0.4 is 0 Å². The van der Waals surface area contributed by atoms with Crippen molar-refractivity contribution in [2.24, 2.45) is 0 Å². The Kier molecular flexibility index (Phi) is 20.6. The fourth-order valence-corrected chi connectivity index (χ4v) is 10.2. The lowest BCUT2D eigenvalue weighted by molar-refractivity contribution is -0.328. The van der Waals surface area contributed by atoms with Gasteiger partial charge < -0.3 is 47.4 Å². The van der Waals surface area contributed by atoms with E-state index in [2.05, 4.69) is 6.92 Å². The van der Waals surface area contributed by atoms with Gasteiger partial charge in [-0.15, -0.1) is 11.8 Å². The highest BCUT2D eigenvalue weighted by atomic mass is 32.2. The molecule has 0 spiro atoms. The summed E-state index contributed by atoms with van der Waals surface area (Å²) in [5, 5.41) is 0. The van der Waals surface area contributed by atoms with Gasteiger partial charge in [-0.25, -0.2) is 4.79 Å². The highest BCUT2D eigenvalue weighted by Gasteiger charge is 2.53. The molecule has 75 heavy (non-hydrogen) atoms. The number of carbonyl (C=O) groups is 1. The molecule has 2 aliphatic heterocycles. The summed E-state index contributed by atoms with van der Waals surface area (Å²) in [5.41, 5.74) is 5.75. The smallest absolute Gasteiger partial charge is 0.338 e. The van der Waals surface area contributed by atoms with Gasteiger partial charge in [-0.05, 0) is 51.3 Å². The first-order chi connectivity index (χ1) is 37.1. The summed E-state index contributed by atoms with van der Waals surface area (Å²) in [4.78, 5) is 14.4. The van der Waals surface area contributed by atoms with Crippen LogP contribution >= 0.6 is 11.8 Å². The second-order valence-electron chi connectivity index (χ2n) is 18.4. The highest BCUT2D eigenvalue weighted by molar-refractivity contribution is 7.99. The molecule has 0 amide bonds. The standard InChI is InChI=1S/C63H66O11S/c1-2-75-63-60(70-43-51-34-20-8-21-35-51)58(69-42-50-32-18-7-19-33-50)56(67-40-48-28-14-5-15-29-48)54(73-63)45-71-62-59(74-61(64)52-36-22-9-23-37-52)57(68-41-49-30-16-6-17-31-49)55(66-39-47-26-12-4-13-27-47)53(72-62)44-65-38-46-24-10-3-11-25-46/h3-37,53-60,62-63H,2,38-45H2,1H3/t53-,54-,55-,56-,57+,58+,59-,60-,62-,63+/m1/s1. The Bertz CT molecular complexity index is 2680. The normalized spacial score (nSPS) is 23.6. The van der Waals surface area contributed by atoms with E-state index in [1.54, 1.807) is 36.0 Å². The zero-order chi connectivity index (χ0) is 51.3. The van der Waals surface area contributed by atoms with Crippen LogP contribution in [0.3, 0.4) is 0 Å². The molecule has 0 aromatic heterocycles. The van der Waals surface area contributed by atoms with E-state index in [0.29, 0.717) is 25.4 Å². The number of hydrogen-bond acceptors (Lipinski definition) is 12. The van der Waals surface area contributed by atoms with E-state index >= 15 is 0 Å². The third-order valence-corrected chi connectivity index (χ3v) is 14.1. The minimum atomic E-state index is -1.20. The van der Waals surface area contributed by atoms with Gasteiger partial charge >= 0.3 is 5.97 Å². The molecule has 9 rings (SSSR count). The van der Waals surface area contributed by atoms with Crippen LogP contribution in [-0.2, 0) is 87.0 Å². The van der Waals surface area contributed by atoms with Crippen molar-refractivity contribution in [3.63, 3.8) is 0 Å². The predicted octanol–water partition coefficient (Wildman–Crippen LogP) is 11.6. The van der Waals surface area contributed by atoms with Crippen LogP contribution in [0.4, 0.5) is 0 Å². The molecular weight excluding hydrogens is 965 g/mol. The molecule has 0 saturated carbocycles. The van der Waals surface area contributed by atoms with Crippen LogP contribution in [0.1, 0.15) is 50.7 Å². The summed E-state index contributed by atoms with van der Waals surface area (Å²) in [5.74, 6) is 0.167. The van der Waals surface area contributed by atoms with Crippen molar-refractivity contribution < 1.29 is 52.2 Å². The van der Waals surface area contributed by atoms with Gasteiger partial charge in [-0.1, -0.05) is 207 Å². The maximum Gasteiger partial charge on any atom is 0.338 e. The van der Waals surface area contributed by atoms with Crippen LogP contribution in [0.15, 0.2) is 212 Å². The Labute approximate surface area is 445 Å². The molecule has 390 valence electrons. The van der Waals surface area contributed by atoms with Crippen molar-refractivity contribution in [1.82, 2.24) is 0 Å². The molecule has 2 heterocycles. The fourth-order valence-electron chi connectivity index (χ4n) is 9.20. The van der Waals surface area contributed by atoms with Gasteiger partial charge in [0.25, 0.3) is 0 Å². The third-order valence-electron chi connectivity index (χ3n) is 13.0. The quantitative estimate of drug-likeness (QED) is 0.0482. The molecule has 0 aliphatic carbocycles. The molecule has 2 saturated heterocycles. The van der Waals surface area contributed by atoms with Crippen molar-refractivity contribution in [2.75, 3.05) is 19.0 Å². The van der Waals surface area contributed by atoms with Gasteiger partial charge in [0.2, 0.25) is 0 Å². The topological polar surface area (TPSA) is 109 Å². The average Bonchev–Trinajstić information content (AvgIpc) is 3.47. The second kappa shape index (κ2) is 28.8. The van der Waals surface area contributed by atoms with Crippen molar-refractivity contribution in [3.8, 4) is 0 Å². The molecule has 12 heteroatoms. The molecular formula is C63H66O11S. The lowest BCUT2D eigenvalue weighted by atomic mass is 9.97. The predicted molar refractivity (Wildman–Crippen MR) is 288 cm³/mol. The summed E-state index contributed by atoms with van der Waals surface area (Å²) < 4.78 is 68.9.